The Kier molecular flexibility index (Phi) is 3.95. The van der Waals surface area contributed by atoms with E-state index in [2.05, 4.69) is 40.6 Å². The van der Waals surface area contributed by atoms with Crippen LogP contribution in [-0.2, 0) is 17.8 Å². The molecule has 1 aromatic carbocycles. The molecule has 6 nitrogen and oxygen atoms in total. The van der Waals surface area contributed by atoms with Crippen LogP contribution in [0.25, 0.3) is 10.9 Å². The van der Waals surface area contributed by atoms with Gasteiger partial charge in [0.15, 0.2) is 6.61 Å². The number of nitrogens with zero attached hydrogens (tertiary/aromatic N) is 3. The lowest BCUT2D eigenvalue weighted by molar-refractivity contribution is -0.134. The van der Waals surface area contributed by atoms with E-state index in [1.54, 1.807) is 6.33 Å². The molecule has 6 heteroatoms. The molecule has 1 amide bonds. The van der Waals surface area contributed by atoms with E-state index in [0.717, 1.165) is 34.5 Å². The summed E-state index contributed by atoms with van der Waals surface area (Å²) in [6.45, 7) is 5.61. The number of imidazole rings is 1. The summed E-state index contributed by atoms with van der Waals surface area (Å²) in [6, 6.07) is 8.40. The molecule has 25 heavy (non-hydrogen) atoms. The van der Waals surface area contributed by atoms with Crippen LogP contribution in [0, 0.1) is 0 Å². The van der Waals surface area contributed by atoms with Gasteiger partial charge in [-0.3, -0.25) is 4.79 Å². The number of fused-ring (bicyclic) bond motifs is 2. The third-order valence-corrected chi connectivity index (χ3v) is 4.76. The number of benzene rings is 1. The maximum Gasteiger partial charge on any atom is 0.260 e. The van der Waals surface area contributed by atoms with Gasteiger partial charge >= 0.3 is 0 Å². The molecule has 130 valence electrons. The van der Waals surface area contributed by atoms with Crippen LogP contribution in [0.15, 0.2) is 36.8 Å². The van der Waals surface area contributed by atoms with Crippen LogP contribution in [0.1, 0.15) is 31.3 Å². The molecule has 0 fully saturated rings. The normalized spacial score (nSPS) is 14.1. The topological polar surface area (TPSA) is 63.1 Å². The molecule has 0 saturated heterocycles. The van der Waals surface area contributed by atoms with Gasteiger partial charge in [-0.25, -0.2) is 4.98 Å². The second-order valence-electron chi connectivity index (χ2n) is 6.69. The molecular weight excluding hydrogens is 316 g/mol. The van der Waals surface area contributed by atoms with Gasteiger partial charge in [-0.1, -0.05) is 6.07 Å². The monoisotopic (exact) mass is 338 g/mol. The highest BCUT2D eigenvalue weighted by Gasteiger charge is 2.22. The first kappa shape index (κ1) is 15.7. The summed E-state index contributed by atoms with van der Waals surface area (Å²) in [5.41, 5.74) is 3.21. The molecule has 0 aliphatic carbocycles. The van der Waals surface area contributed by atoms with Gasteiger partial charge in [0.1, 0.15) is 5.75 Å². The Morgan fingerprint density at radius 3 is 3.08 bits per heavy atom. The fraction of sp³-hybridized carbons (Fsp3) is 0.368. The zero-order valence-electron chi connectivity index (χ0n) is 14.5. The molecule has 1 aliphatic heterocycles. The summed E-state index contributed by atoms with van der Waals surface area (Å²) in [6.07, 6.45) is 4.54. The first-order valence-corrected chi connectivity index (χ1v) is 8.64. The average molecular weight is 338 g/mol. The standard InChI is InChI=1S/C19H22N4O2/c1-13(2)23-9-6-14-17(23)4-3-5-18(14)25-11-19(24)22-8-7-15-16(10-22)21-12-20-15/h3-6,9,12-13H,7-8,10-11H2,1-2H3,(H,20,21). The maximum atomic E-state index is 12.5. The quantitative estimate of drug-likeness (QED) is 0.795. The molecular formula is C19H22N4O2. The van der Waals surface area contributed by atoms with Gasteiger partial charge in [-0.05, 0) is 32.0 Å². The van der Waals surface area contributed by atoms with E-state index < -0.39 is 0 Å². The van der Waals surface area contributed by atoms with Crippen LogP contribution in [0.5, 0.6) is 5.75 Å². The van der Waals surface area contributed by atoms with E-state index >= 15 is 0 Å². The van der Waals surface area contributed by atoms with Gasteiger partial charge in [0.05, 0.1) is 29.8 Å². The van der Waals surface area contributed by atoms with Crippen molar-refractivity contribution in [3.8, 4) is 5.75 Å². The number of hydrogen-bond acceptors (Lipinski definition) is 3. The summed E-state index contributed by atoms with van der Waals surface area (Å²) in [7, 11) is 0. The number of carbonyl (C=O) groups excluding carboxylic acids is 1. The molecule has 0 unspecified atom stereocenters. The third kappa shape index (κ3) is 2.88. The van der Waals surface area contributed by atoms with Crippen molar-refractivity contribution in [1.29, 1.82) is 0 Å². The zero-order valence-corrected chi connectivity index (χ0v) is 14.5. The largest absolute Gasteiger partial charge is 0.483 e. The number of aromatic nitrogens is 3. The molecule has 0 atom stereocenters. The Labute approximate surface area is 146 Å². The molecule has 0 saturated carbocycles. The minimum atomic E-state index is 0.000505. The number of rotatable bonds is 4. The van der Waals surface area contributed by atoms with Crippen molar-refractivity contribution >= 4 is 16.8 Å². The predicted molar refractivity (Wildman–Crippen MR) is 95.5 cm³/mol. The number of ether oxygens (including phenoxy) is 1. The second-order valence-corrected chi connectivity index (χ2v) is 6.69. The number of aromatic amines is 1. The van der Waals surface area contributed by atoms with Crippen LogP contribution in [0.3, 0.4) is 0 Å². The van der Waals surface area contributed by atoms with Crippen LogP contribution in [-0.4, -0.2) is 38.5 Å². The highest BCUT2D eigenvalue weighted by Crippen LogP contribution is 2.28. The highest BCUT2D eigenvalue weighted by atomic mass is 16.5. The molecule has 1 aliphatic rings. The highest BCUT2D eigenvalue weighted by molar-refractivity contribution is 5.87. The number of carbonyl (C=O) groups is 1. The van der Waals surface area contributed by atoms with E-state index in [4.69, 9.17) is 4.74 Å². The van der Waals surface area contributed by atoms with Crippen molar-refractivity contribution in [1.82, 2.24) is 19.4 Å². The van der Waals surface area contributed by atoms with E-state index in [1.165, 1.54) is 0 Å². The fourth-order valence-corrected chi connectivity index (χ4v) is 3.39. The van der Waals surface area contributed by atoms with Crippen molar-refractivity contribution in [3.63, 3.8) is 0 Å². The van der Waals surface area contributed by atoms with Crippen molar-refractivity contribution < 1.29 is 9.53 Å². The van der Waals surface area contributed by atoms with E-state index in [9.17, 15) is 4.79 Å². The molecule has 4 rings (SSSR count). The molecule has 0 radical (unpaired) electrons. The zero-order chi connectivity index (χ0) is 17.4. The van der Waals surface area contributed by atoms with E-state index in [-0.39, 0.29) is 12.5 Å². The number of hydrogen-bond donors (Lipinski definition) is 1. The molecule has 3 aromatic rings. The average Bonchev–Trinajstić information content (AvgIpc) is 3.25. The maximum absolute atomic E-state index is 12.5. The summed E-state index contributed by atoms with van der Waals surface area (Å²) in [4.78, 5) is 21.7. The molecule has 0 spiro atoms. The fourth-order valence-electron chi connectivity index (χ4n) is 3.39. The van der Waals surface area contributed by atoms with Crippen molar-refractivity contribution in [2.45, 2.75) is 32.9 Å². The van der Waals surface area contributed by atoms with Gasteiger partial charge in [0.25, 0.3) is 5.91 Å². The lowest BCUT2D eigenvalue weighted by Gasteiger charge is -2.26. The molecule has 1 N–H and O–H groups in total. The molecule has 2 aromatic heterocycles. The summed E-state index contributed by atoms with van der Waals surface area (Å²) >= 11 is 0. The Morgan fingerprint density at radius 2 is 2.24 bits per heavy atom. The van der Waals surface area contributed by atoms with Gasteiger partial charge in [0.2, 0.25) is 0 Å². The van der Waals surface area contributed by atoms with E-state index in [0.29, 0.717) is 19.1 Å². The van der Waals surface area contributed by atoms with Crippen molar-refractivity contribution in [3.05, 3.63) is 48.2 Å². The first-order chi connectivity index (χ1) is 12.1. The van der Waals surface area contributed by atoms with E-state index in [1.807, 2.05) is 23.1 Å². The smallest absolute Gasteiger partial charge is 0.260 e. The first-order valence-electron chi connectivity index (χ1n) is 8.64. The molecule has 0 bridgehead atoms. The number of nitrogens with one attached hydrogen (secondary N) is 1. The van der Waals surface area contributed by atoms with Gasteiger partial charge in [0, 0.05) is 30.6 Å². The van der Waals surface area contributed by atoms with Gasteiger partial charge in [-0.2, -0.15) is 0 Å². The third-order valence-electron chi connectivity index (χ3n) is 4.76. The molecule has 3 heterocycles. The van der Waals surface area contributed by atoms with Crippen molar-refractivity contribution in [2.75, 3.05) is 13.2 Å². The lowest BCUT2D eigenvalue weighted by Crippen LogP contribution is -2.38. The summed E-state index contributed by atoms with van der Waals surface area (Å²) in [5, 5.41) is 1.04. The Morgan fingerprint density at radius 1 is 1.36 bits per heavy atom. The second kappa shape index (κ2) is 6.27. The minimum Gasteiger partial charge on any atom is -0.483 e. The summed E-state index contributed by atoms with van der Waals surface area (Å²) in [5.74, 6) is 0.755. The Bertz CT molecular complexity index is 909. The van der Waals surface area contributed by atoms with Crippen LogP contribution in [0.2, 0.25) is 0 Å². The van der Waals surface area contributed by atoms with Crippen LogP contribution in [0.4, 0.5) is 0 Å². The Balaban J connectivity index is 1.47. The number of H-pyrrole nitrogens is 1. The van der Waals surface area contributed by atoms with Crippen LogP contribution < -0.4 is 4.74 Å². The SMILES string of the molecule is CC(C)n1ccc2c(OCC(=O)N3CCc4nc[nH]c4C3)cccc21. The number of amides is 1. The predicted octanol–water partition coefficient (Wildman–Crippen LogP) is 2.91. The minimum absolute atomic E-state index is 0.000505. The summed E-state index contributed by atoms with van der Waals surface area (Å²) < 4.78 is 8.07. The lowest BCUT2D eigenvalue weighted by atomic mass is 10.1. The van der Waals surface area contributed by atoms with Crippen molar-refractivity contribution in [2.24, 2.45) is 0 Å². The Hall–Kier alpha value is -2.76. The van der Waals surface area contributed by atoms with Gasteiger partial charge in [-0.15, -0.1) is 0 Å². The van der Waals surface area contributed by atoms with Gasteiger partial charge < -0.3 is 19.2 Å². The van der Waals surface area contributed by atoms with Crippen LogP contribution >= 0.6 is 0 Å².